The van der Waals surface area contributed by atoms with E-state index in [1.54, 1.807) is 4.57 Å². The van der Waals surface area contributed by atoms with Crippen LogP contribution in [0.4, 0.5) is 0 Å². The summed E-state index contributed by atoms with van der Waals surface area (Å²) in [5.41, 5.74) is 0.535. The molecule has 1 aromatic carbocycles. The molecule has 0 fully saturated rings. The fraction of sp³-hybridized carbons (Fsp3) is 0.250. The summed E-state index contributed by atoms with van der Waals surface area (Å²) < 4.78 is 8.40. The molecule has 2 aromatic heterocycles. The molecule has 0 unspecified atom stereocenters. The smallest absolute Gasteiger partial charge is 0.270 e. The summed E-state index contributed by atoms with van der Waals surface area (Å²) in [5.74, 6) is 0.0786. The fourth-order valence-corrected chi connectivity index (χ4v) is 5.22. The maximum absolute atomic E-state index is 13.2. The van der Waals surface area contributed by atoms with Crippen LogP contribution in [0.5, 0.6) is 5.75 Å². The number of thiazole rings is 1. The molecule has 1 N–H and O–H groups in total. The van der Waals surface area contributed by atoms with E-state index in [9.17, 15) is 9.59 Å². The lowest BCUT2D eigenvalue weighted by molar-refractivity contribution is -0.132. The second-order valence-corrected chi connectivity index (χ2v) is 8.04. The molecule has 0 aliphatic carbocycles. The van der Waals surface area contributed by atoms with Crippen LogP contribution in [0.25, 0.3) is 6.08 Å². The first kappa shape index (κ1) is 16.3. The summed E-state index contributed by atoms with van der Waals surface area (Å²) in [7, 11) is 0. The van der Waals surface area contributed by atoms with Crippen LogP contribution in [0.2, 0.25) is 0 Å². The second kappa shape index (κ2) is 5.53. The molecule has 27 heavy (non-hydrogen) atoms. The van der Waals surface area contributed by atoms with E-state index in [4.69, 9.17) is 9.73 Å². The van der Waals surface area contributed by atoms with Crippen LogP contribution in [0.15, 0.2) is 52.4 Å². The van der Waals surface area contributed by atoms with Gasteiger partial charge in [0, 0.05) is 17.5 Å². The molecule has 2 bridgehead atoms. The lowest BCUT2D eigenvalue weighted by atomic mass is 9.79. The van der Waals surface area contributed by atoms with Gasteiger partial charge < -0.3 is 9.72 Å². The number of aromatic nitrogens is 2. The molecule has 0 amide bonds. The molecule has 0 saturated heterocycles. The largest absolute Gasteiger partial charge is 0.465 e. The van der Waals surface area contributed by atoms with Gasteiger partial charge in [0.05, 0.1) is 10.6 Å². The van der Waals surface area contributed by atoms with E-state index in [1.807, 2.05) is 55.6 Å². The van der Waals surface area contributed by atoms with Gasteiger partial charge in [0.1, 0.15) is 17.5 Å². The number of nitrogens with zero attached hydrogens (tertiary/aromatic N) is 2. The van der Waals surface area contributed by atoms with Crippen molar-refractivity contribution in [2.45, 2.75) is 25.6 Å². The van der Waals surface area contributed by atoms with E-state index in [0.29, 0.717) is 15.1 Å². The number of H-pyrrole nitrogens is 1. The van der Waals surface area contributed by atoms with E-state index in [0.717, 1.165) is 11.3 Å². The minimum absolute atomic E-state index is 0.0422. The summed E-state index contributed by atoms with van der Waals surface area (Å²) >= 11 is 1.32. The van der Waals surface area contributed by atoms with Crippen LogP contribution in [0, 0.1) is 5.92 Å². The Bertz CT molecular complexity index is 1240. The molecular weight excluding hydrogens is 362 g/mol. The van der Waals surface area contributed by atoms with Gasteiger partial charge in [0.15, 0.2) is 4.80 Å². The number of ether oxygens (including phenoxy) is 1. The number of nitrogens with one attached hydrogen (secondary N) is 1. The summed E-state index contributed by atoms with van der Waals surface area (Å²) in [6.45, 7) is 3.36. The van der Waals surface area contributed by atoms with Gasteiger partial charge in [-0.1, -0.05) is 29.5 Å². The zero-order valence-corrected chi connectivity index (χ0v) is 15.6. The number of fused-ring (bicyclic) bond motifs is 6. The summed E-state index contributed by atoms with van der Waals surface area (Å²) in [4.78, 5) is 34.2. The van der Waals surface area contributed by atoms with Crippen molar-refractivity contribution in [3.8, 4) is 5.75 Å². The number of benzene rings is 1. The van der Waals surface area contributed by atoms with Gasteiger partial charge in [-0.15, -0.1) is 0 Å². The molecule has 0 saturated carbocycles. The highest BCUT2D eigenvalue weighted by Crippen LogP contribution is 2.47. The van der Waals surface area contributed by atoms with E-state index in [-0.39, 0.29) is 11.3 Å². The average molecular weight is 379 g/mol. The van der Waals surface area contributed by atoms with Crippen molar-refractivity contribution in [3.63, 3.8) is 0 Å². The Balaban J connectivity index is 1.85. The number of hydrogen-bond donors (Lipinski definition) is 1. The van der Waals surface area contributed by atoms with Crippen LogP contribution >= 0.6 is 11.3 Å². The molecule has 2 aliphatic rings. The number of carbonyl (C=O) groups is 1. The zero-order valence-electron chi connectivity index (χ0n) is 14.8. The topological polar surface area (TPSA) is 76.4 Å². The van der Waals surface area contributed by atoms with Crippen molar-refractivity contribution >= 4 is 23.2 Å². The number of para-hydroxylation sites is 1. The molecular formula is C20H17N3O3S. The number of hydrogen-bond acceptors (Lipinski definition) is 5. The van der Waals surface area contributed by atoms with Gasteiger partial charge in [-0.05, 0) is 38.1 Å². The monoisotopic (exact) mass is 379 g/mol. The number of aromatic amines is 1. The van der Waals surface area contributed by atoms with Crippen molar-refractivity contribution in [1.82, 2.24) is 9.55 Å². The molecule has 0 spiro atoms. The first-order valence-electron chi connectivity index (χ1n) is 8.73. The van der Waals surface area contributed by atoms with Crippen molar-refractivity contribution in [3.05, 3.63) is 73.5 Å². The van der Waals surface area contributed by atoms with Gasteiger partial charge in [-0.2, -0.15) is 0 Å². The van der Waals surface area contributed by atoms with Crippen molar-refractivity contribution < 1.29 is 9.53 Å². The normalized spacial score (nSPS) is 25.9. The van der Waals surface area contributed by atoms with Gasteiger partial charge in [0.25, 0.3) is 5.56 Å². The Labute approximate surface area is 158 Å². The van der Waals surface area contributed by atoms with Gasteiger partial charge >= 0.3 is 0 Å². The Hall–Kier alpha value is -2.93. The van der Waals surface area contributed by atoms with Crippen molar-refractivity contribution in [2.75, 3.05) is 0 Å². The zero-order chi connectivity index (χ0) is 18.8. The van der Waals surface area contributed by atoms with E-state index < -0.39 is 17.7 Å². The first-order valence-corrected chi connectivity index (χ1v) is 9.54. The summed E-state index contributed by atoms with van der Waals surface area (Å²) in [5, 5.41) is 0. The molecule has 4 heterocycles. The minimum Gasteiger partial charge on any atom is -0.465 e. The first-order chi connectivity index (χ1) is 13.0. The molecule has 3 atom stereocenters. The SMILES string of the molecule is CC(=O)[C@@H]1[C@H]2c3ccccc3O[C@@]1(C)N=c1s/c(=C\c3ccc[nH]3)c(=O)n12. The number of Topliss-reactive ketones (excluding diaryl/α,β-unsaturated/α-hetero) is 1. The summed E-state index contributed by atoms with van der Waals surface area (Å²) in [6, 6.07) is 10.9. The molecule has 6 nitrogen and oxygen atoms in total. The van der Waals surface area contributed by atoms with Crippen LogP contribution in [-0.4, -0.2) is 21.1 Å². The molecule has 5 rings (SSSR count). The maximum Gasteiger partial charge on any atom is 0.270 e. The fourth-order valence-electron chi connectivity index (χ4n) is 4.13. The molecule has 2 aliphatic heterocycles. The highest BCUT2D eigenvalue weighted by Gasteiger charge is 2.53. The average Bonchev–Trinajstić information content (AvgIpc) is 3.22. The quantitative estimate of drug-likeness (QED) is 0.735. The minimum atomic E-state index is -1.02. The lowest BCUT2D eigenvalue weighted by Crippen LogP contribution is -2.58. The third-order valence-electron chi connectivity index (χ3n) is 5.23. The number of carbonyl (C=O) groups excluding carboxylic acids is 1. The Morgan fingerprint density at radius 2 is 2.15 bits per heavy atom. The number of ketones is 1. The maximum atomic E-state index is 13.2. The highest BCUT2D eigenvalue weighted by molar-refractivity contribution is 7.07. The van der Waals surface area contributed by atoms with E-state index in [2.05, 4.69) is 4.98 Å². The number of rotatable bonds is 2. The van der Waals surface area contributed by atoms with Crippen LogP contribution in [0.1, 0.15) is 31.1 Å². The Kier molecular flexibility index (Phi) is 3.33. The molecule has 3 aromatic rings. The second-order valence-electron chi connectivity index (χ2n) is 7.03. The van der Waals surface area contributed by atoms with E-state index in [1.165, 1.54) is 18.3 Å². The highest BCUT2D eigenvalue weighted by atomic mass is 32.1. The van der Waals surface area contributed by atoms with Crippen LogP contribution in [-0.2, 0) is 4.79 Å². The van der Waals surface area contributed by atoms with E-state index >= 15 is 0 Å². The predicted octanol–water partition coefficient (Wildman–Crippen LogP) is 1.60. The Morgan fingerprint density at radius 1 is 1.33 bits per heavy atom. The van der Waals surface area contributed by atoms with Gasteiger partial charge in [-0.25, -0.2) is 4.99 Å². The lowest BCUT2D eigenvalue weighted by Gasteiger charge is -2.45. The molecule has 7 heteroatoms. The van der Waals surface area contributed by atoms with Crippen LogP contribution in [0.3, 0.4) is 0 Å². The predicted molar refractivity (Wildman–Crippen MR) is 102 cm³/mol. The third-order valence-corrected chi connectivity index (χ3v) is 6.21. The molecule has 136 valence electrons. The van der Waals surface area contributed by atoms with Gasteiger partial charge in [0.2, 0.25) is 5.72 Å². The summed E-state index contributed by atoms with van der Waals surface area (Å²) in [6.07, 6.45) is 3.63. The van der Waals surface area contributed by atoms with Gasteiger partial charge in [-0.3, -0.25) is 14.2 Å². The third kappa shape index (κ3) is 2.28. The molecule has 0 radical (unpaired) electrons. The van der Waals surface area contributed by atoms with Crippen molar-refractivity contribution in [1.29, 1.82) is 0 Å². The Morgan fingerprint density at radius 3 is 2.89 bits per heavy atom. The van der Waals surface area contributed by atoms with Crippen molar-refractivity contribution in [2.24, 2.45) is 10.9 Å². The van der Waals surface area contributed by atoms with Crippen LogP contribution < -0.4 is 19.6 Å². The standard InChI is InChI=1S/C20H17N3O3S/c1-11(24)16-17-13-7-3-4-8-14(13)26-20(16,2)22-19-23(17)18(25)15(27-19)10-12-6-5-9-21-12/h3-10,16-17,21H,1-2H3/b15-10-/t16-,17-,20-/m1/s1.